The van der Waals surface area contributed by atoms with Gasteiger partial charge in [0.1, 0.15) is 0 Å². The van der Waals surface area contributed by atoms with E-state index in [4.69, 9.17) is 0 Å². The first-order valence-electron chi connectivity index (χ1n) is 11.9. The Bertz CT molecular complexity index is 1260. The molecular formula is C25H30N6OS. The molecule has 1 aliphatic carbocycles. The molecule has 0 aliphatic heterocycles. The Balaban J connectivity index is 1.43. The standard InChI is InChI=1S/C25H30N6OS/c1-2-18-10-11-23-19(13-18)14-20(25(32)26-23)15-30(16-22-9-6-12-33-22)17-24-27-28-29-31(24)21-7-4-3-5-8-21/h6,9-14,21H,2-5,7-8,15-17H2,1H3,(H,26,32). The molecule has 4 aromatic rings. The maximum absolute atomic E-state index is 12.9. The van der Waals surface area contributed by atoms with Gasteiger partial charge >= 0.3 is 0 Å². The number of fused-ring (bicyclic) bond motifs is 1. The number of thiophene rings is 1. The average molecular weight is 463 g/mol. The summed E-state index contributed by atoms with van der Waals surface area (Å²) in [5, 5.41) is 15.9. The van der Waals surface area contributed by atoms with E-state index < -0.39 is 0 Å². The molecular weight excluding hydrogens is 432 g/mol. The smallest absolute Gasteiger partial charge is 0.252 e. The summed E-state index contributed by atoms with van der Waals surface area (Å²) in [6.45, 7) is 4.04. The van der Waals surface area contributed by atoms with E-state index in [1.54, 1.807) is 11.3 Å². The summed E-state index contributed by atoms with van der Waals surface area (Å²) >= 11 is 1.73. The molecule has 0 saturated heterocycles. The molecule has 0 amide bonds. The van der Waals surface area contributed by atoms with Crippen LogP contribution >= 0.6 is 11.3 Å². The van der Waals surface area contributed by atoms with Gasteiger partial charge in [-0.05, 0) is 70.3 Å². The minimum Gasteiger partial charge on any atom is -0.322 e. The van der Waals surface area contributed by atoms with Gasteiger partial charge in [0, 0.05) is 29.0 Å². The Hall–Kier alpha value is -2.84. The van der Waals surface area contributed by atoms with E-state index in [2.05, 4.69) is 62.0 Å². The second-order valence-corrected chi connectivity index (χ2v) is 9.99. The molecule has 3 heterocycles. The van der Waals surface area contributed by atoms with E-state index in [0.29, 0.717) is 19.1 Å². The van der Waals surface area contributed by atoms with Crippen molar-refractivity contribution in [2.24, 2.45) is 0 Å². The molecule has 3 aromatic heterocycles. The molecule has 1 saturated carbocycles. The third-order valence-corrected chi connectivity index (χ3v) is 7.46. The number of aryl methyl sites for hydroxylation is 1. The van der Waals surface area contributed by atoms with Crippen LogP contribution in [0.5, 0.6) is 0 Å². The molecule has 0 bridgehead atoms. The lowest BCUT2D eigenvalue weighted by molar-refractivity contribution is 0.227. The van der Waals surface area contributed by atoms with Crippen molar-refractivity contribution in [1.82, 2.24) is 30.1 Å². The van der Waals surface area contributed by atoms with Crippen molar-refractivity contribution in [3.05, 3.63) is 74.0 Å². The van der Waals surface area contributed by atoms with Gasteiger partial charge in [-0.15, -0.1) is 16.4 Å². The molecule has 0 spiro atoms. The predicted octanol–water partition coefficient (Wildman–Crippen LogP) is 4.85. The van der Waals surface area contributed by atoms with Crippen LogP contribution < -0.4 is 5.56 Å². The van der Waals surface area contributed by atoms with Crippen molar-refractivity contribution in [2.75, 3.05) is 0 Å². The maximum Gasteiger partial charge on any atom is 0.252 e. The number of nitrogens with one attached hydrogen (secondary N) is 1. The van der Waals surface area contributed by atoms with Crippen molar-refractivity contribution in [2.45, 2.75) is 71.1 Å². The average Bonchev–Trinajstić information content (AvgIpc) is 3.52. The van der Waals surface area contributed by atoms with E-state index in [1.165, 1.54) is 29.7 Å². The van der Waals surface area contributed by atoms with Crippen LogP contribution in [0.2, 0.25) is 0 Å². The third-order valence-electron chi connectivity index (χ3n) is 6.59. The molecule has 1 aliphatic rings. The quantitative estimate of drug-likeness (QED) is 0.405. The van der Waals surface area contributed by atoms with Gasteiger partial charge in [0.15, 0.2) is 5.82 Å². The number of nitrogens with zero attached hydrogens (tertiary/aromatic N) is 5. The normalized spacial score (nSPS) is 15.0. The molecule has 8 heteroatoms. The molecule has 33 heavy (non-hydrogen) atoms. The van der Waals surface area contributed by atoms with E-state index in [0.717, 1.165) is 48.1 Å². The highest BCUT2D eigenvalue weighted by molar-refractivity contribution is 7.09. The van der Waals surface area contributed by atoms with Gasteiger partial charge in [-0.3, -0.25) is 9.69 Å². The molecule has 1 N–H and O–H groups in total. The molecule has 0 unspecified atom stereocenters. The van der Waals surface area contributed by atoms with E-state index in [-0.39, 0.29) is 5.56 Å². The number of benzene rings is 1. The summed E-state index contributed by atoms with van der Waals surface area (Å²) in [4.78, 5) is 19.5. The molecule has 1 aromatic carbocycles. The Morgan fingerprint density at radius 3 is 2.79 bits per heavy atom. The number of hydrogen-bond donors (Lipinski definition) is 1. The number of hydrogen-bond acceptors (Lipinski definition) is 6. The molecule has 0 radical (unpaired) electrons. The van der Waals surface area contributed by atoms with Gasteiger partial charge in [0.05, 0.1) is 12.6 Å². The van der Waals surface area contributed by atoms with Crippen molar-refractivity contribution in [3.63, 3.8) is 0 Å². The van der Waals surface area contributed by atoms with Crippen LogP contribution in [0.1, 0.15) is 66.9 Å². The highest BCUT2D eigenvalue weighted by Crippen LogP contribution is 2.28. The Morgan fingerprint density at radius 1 is 1.12 bits per heavy atom. The first kappa shape index (κ1) is 22.0. The molecule has 0 atom stereocenters. The molecule has 7 nitrogen and oxygen atoms in total. The topological polar surface area (TPSA) is 79.7 Å². The Labute approximate surface area is 197 Å². The lowest BCUT2D eigenvalue weighted by atomic mass is 9.95. The van der Waals surface area contributed by atoms with E-state index in [9.17, 15) is 4.79 Å². The number of aromatic nitrogens is 5. The van der Waals surface area contributed by atoms with E-state index >= 15 is 0 Å². The number of pyridine rings is 1. The lowest BCUT2D eigenvalue weighted by Gasteiger charge is -2.25. The van der Waals surface area contributed by atoms with Crippen LogP contribution in [-0.4, -0.2) is 30.1 Å². The van der Waals surface area contributed by atoms with Crippen LogP contribution in [0.25, 0.3) is 10.9 Å². The van der Waals surface area contributed by atoms with Gasteiger partial charge in [0.25, 0.3) is 5.56 Å². The van der Waals surface area contributed by atoms with Crippen LogP contribution in [0.3, 0.4) is 0 Å². The highest BCUT2D eigenvalue weighted by atomic mass is 32.1. The van der Waals surface area contributed by atoms with Gasteiger partial charge in [0.2, 0.25) is 0 Å². The monoisotopic (exact) mass is 462 g/mol. The summed E-state index contributed by atoms with van der Waals surface area (Å²) in [6.07, 6.45) is 6.99. The first-order valence-corrected chi connectivity index (χ1v) is 12.7. The van der Waals surface area contributed by atoms with Crippen LogP contribution in [0.15, 0.2) is 46.6 Å². The number of rotatable bonds is 8. The van der Waals surface area contributed by atoms with Gasteiger partial charge in [-0.25, -0.2) is 4.68 Å². The summed E-state index contributed by atoms with van der Waals surface area (Å²) in [5.41, 5.74) is 2.88. The van der Waals surface area contributed by atoms with Crippen molar-refractivity contribution in [3.8, 4) is 0 Å². The van der Waals surface area contributed by atoms with Crippen molar-refractivity contribution >= 4 is 22.2 Å². The largest absolute Gasteiger partial charge is 0.322 e. The second-order valence-electron chi connectivity index (χ2n) is 8.95. The van der Waals surface area contributed by atoms with Crippen LogP contribution in [-0.2, 0) is 26.1 Å². The van der Waals surface area contributed by atoms with Crippen LogP contribution in [0, 0.1) is 0 Å². The Kier molecular flexibility index (Phi) is 6.64. The van der Waals surface area contributed by atoms with Crippen molar-refractivity contribution < 1.29 is 0 Å². The fourth-order valence-electron chi connectivity index (χ4n) is 4.80. The summed E-state index contributed by atoms with van der Waals surface area (Å²) in [6, 6.07) is 12.9. The van der Waals surface area contributed by atoms with Crippen molar-refractivity contribution in [1.29, 1.82) is 0 Å². The minimum atomic E-state index is -0.0326. The summed E-state index contributed by atoms with van der Waals surface area (Å²) < 4.78 is 2.03. The van der Waals surface area contributed by atoms with Crippen LogP contribution in [0.4, 0.5) is 0 Å². The SMILES string of the molecule is CCc1ccc2[nH]c(=O)c(CN(Cc3cccs3)Cc3nnnn3C3CCCCC3)cc2c1. The maximum atomic E-state index is 12.9. The number of tetrazole rings is 1. The zero-order valence-corrected chi connectivity index (χ0v) is 19.9. The van der Waals surface area contributed by atoms with Gasteiger partial charge in [-0.2, -0.15) is 0 Å². The fourth-order valence-corrected chi connectivity index (χ4v) is 5.54. The second kappa shape index (κ2) is 9.97. The number of H-pyrrole nitrogens is 1. The van der Waals surface area contributed by atoms with E-state index in [1.807, 2.05) is 16.8 Å². The fraction of sp³-hybridized carbons (Fsp3) is 0.440. The first-order chi connectivity index (χ1) is 16.2. The number of aromatic amines is 1. The third kappa shape index (κ3) is 5.07. The highest BCUT2D eigenvalue weighted by Gasteiger charge is 2.22. The summed E-state index contributed by atoms with van der Waals surface area (Å²) in [7, 11) is 0. The zero-order valence-electron chi connectivity index (χ0n) is 19.0. The summed E-state index contributed by atoms with van der Waals surface area (Å²) in [5.74, 6) is 0.879. The minimum absolute atomic E-state index is 0.0326. The Morgan fingerprint density at radius 2 is 2.00 bits per heavy atom. The molecule has 5 rings (SSSR count). The lowest BCUT2D eigenvalue weighted by Crippen LogP contribution is -2.28. The van der Waals surface area contributed by atoms with Gasteiger partial charge < -0.3 is 4.98 Å². The predicted molar refractivity (Wildman–Crippen MR) is 131 cm³/mol. The molecule has 172 valence electrons. The van der Waals surface area contributed by atoms with Gasteiger partial charge in [-0.1, -0.05) is 38.3 Å². The zero-order chi connectivity index (χ0) is 22.6. The molecule has 1 fully saturated rings.